The van der Waals surface area contributed by atoms with Gasteiger partial charge < -0.3 is 14.6 Å². The monoisotopic (exact) mass is 318 g/mol. The molecule has 2 aromatic heterocycles. The van der Waals surface area contributed by atoms with E-state index in [0.29, 0.717) is 18.0 Å². The third-order valence-electron chi connectivity index (χ3n) is 3.52. The Morgan fingerprint density at radius 1 is 1.35 bits per heavy atom. The van der Waals surface area contributed by atoms with Crippen LogP contribution in [0.5, 0.6) is 5.75 Å². The van der Waals surface area contributed by atoms with E-state index in [1.807, 2.05) is 33.8 Å². The highest BCUT2D eigenvalue weighted by molar-refractivity contribution is 5.89. The molecule has 1 atom stereocenters. The topological polar surface area (TPSA) is 89.3 Å². The van der Waals surface area contributed by atoms with Gasteiger partial charge in [-0.05, 0) is 46.2 Å². The van der Waals surface area contributed by atoms with Crippen LogP contribution >= 0.6 is 0 Å². The Bertz CT molecular complexity index is 677. The number of carbonyl (C=O) groups excluding carboxylic acids is 1. The predicted molar refractivity (Wildman–Crippen MR) is 86.8 cm³/mol. The predicted octanol–water partition coefficient (Wildman–Crippen LogP) is 2.76. The molecule has 2 rings (SSSR count). The third kappa shape index (κ3) is 4.21. The van der Waals surface area contributed by atoms with Gasteiger partial charge in [0.2, 0.25) is 0 Å². The van der Waals surface area contributed by atoms with Crippen LogP contribution in [0, 0.1) is 20.8 Å². The molecule has 0 saturated heterocycles. The number of ether oxygens (including phenoxy) is 1. The zero-order valence-electron chi connectivity index (χ0n) is 14.1. The first-order valence-electron chi connectivity index (χ1n) is 7.41. The Hall–Kier alpha value is -2.57. The lowest BCUT2D eigenvalue weighted by Crippen LogP contribution is -2.37. The number of aromatic nitrogens is 2. The van der Waals surface area contributed by atoms with Gasteiger partial charge in [-0.2, -0.15) is 0 Å². The van der Waals surface area contributed by atoms with Gasteiger partial charge in [0.05, 0.1) is 12.8 Å². The van der Waals surface area contributed by atoms with E-state index in [-0.39, 0.29) is 12.1 Å². The Labute approximate surface area is 135 Å². The van der Waals surface area contributed by atoms with Crippen LogP contribution in [0.3, 0.4) is 0 Å². The molecular formula is C16H22N4O3. The standard InChI is InChI=1S/C16H22N4O3/c1-9-6-7-14(22-5)15(17-9)19-16(21)18-10(2)8-13-11(3)20-23-12(13)4/h6-7,10H,8H2,1-5H3,(H2,17,18,19,21). The lowest BCUT2D eigenvalue weighted by molar-refractivity contribution is 0.249. The molecule has 0 aliphatic carbocycles. The molecule has 0 radical (unpaired) electrons. The summed E-state index contributed by atoms with van der Waals surface area (Å²) < 4.78 is 10.3. The van der Waals surface area contributed by atoms with Crippen molar-refractivity contribution in [2.75, 3.05) is 12.4 Å². The minimum Gasteiger partial charge on any atom is -0.493 e. The van der Waals surface area contributed by atoms with Crippen LogP contribution in [-0.4, -0.2) is 29.3 Å². The minimum atomic E-state index is -0.333. The van der Waals surface area contributed by atoms with Crippen molar-refractivity contribution in [3.63, 3.8) is 0 Å². The van der Waals surface area contributed by atoms with E-state index in [2.05, 4.69) is 20.8 Å². The quantitative estimate of drug-likeness (QED) is 0.885. The van der Waals surface area contributed by atoms with E-state index >= 15 is 0 Å². The van der Waals surface area contributed by atoms with Crippen molar-refractivity contribution in [2.45, 2.75) is 40.2 Å². The number of hydrogen-bond acceptors (Lipinski definition) is 5. The highest BCUT2D eigenvalue weighted by Gasteiger charge is 2.16. The van der Waals surface area contributed by atoms with Gasteiger partial charge in [-0.1, -0.05) is 5.16 Å². The molecule has 0 aromatic carbocycles. The summed E-state index contributed by atoms with van der Waals surface area (Å²) in [6.07, 6.45) is 0.646. The number of nitrogens with one attached hydrogen (secondary N) is 2. The van der Waals surface area contributed by atoms with Crippen molar-refractivity contribution in [1.29, 1.82) is 0 Å². The Morgan fingerprint density at radius 3 is 2.70 bits per heavy atom. The van der Waals surface area contributed by atoms with Crippen LogP contribution in [0.25, 0.3) is 0 Å². The summed E-state index contributed by atoms with van der Waals surface area (Å²) in [5.41, 5.74) is 2.66. The Morgan fingerprint density at radius 2 is 2.09 bits per heavy atom. The highest BCUT2D eigenvalue weighted by Crippen LogP contribution is 2.21. The second-order valence-electron chi connectivity index (χ2n) is 5.51. The van der Waals surface area contributed by atoms with E-state index < -0.39 is 0 Å². The molecule has 7 heteroatoms. The maximum atomic E-state index is 12.1. The molecule has 2 amide bonds. The molecule has 1 unspecified atom stereocenters. The lowest BCUT2D eigenvalue weighted by atomic mass is 10.1. The van der Waals surface area contributed by atoms with Crippen molar-refractivity contribution in [1.82, 2.24) is 15.5 Å². The molecule has 0 saturated carbocycles. The molecule has 0 aliphatic rings. The van der Waals surface area contributed by atoms with Crippen LogP contribution < -0.4 is 15.4 Å². The fraction of sp³-hybridized carbons (Fsp3) is 0.438. The third-order valence-corrected chi connectivity index (χ3v) is 3.52. The molecule has 0 fully saturated rings. The molecule has 7 nitrogen and oxygen atoms in total. The number of anilines is 1. The maximum absolute atomic E-state index is 12.1. The highest BCUT2D eigenvalue weighted by atomic mass is 16.5. The van der Waals surface area contributed by atoms with Gasteiger partial charge in [-0.3, -0.25) is 5.32 Å². The number of hydrogen-bond donors (Lipinski definition) is 2. The molecule has 124 valence electrons. The van der Waals surface area contributed by atoms with E-state index in [1.54, 1.807) is 6.07 Å². The van der Waals surface area contributed by atoms with Crippen LogP contribution in [0.15, 0.2) is 16.7 Å². The van der Waals surface area contributed by atoms with E-state index in [4.69, 9.17) is 9.26 Å². The Balaban J connectivity index is 1.98. The fourth-order valence-electron chi connectivity index (χ4n) is 2.32. The minimum absolute atomic E-state index is 0.0809. The summed E-state index contributed by atoms with van der Waals surface area (Å²) >= 11 is 0. The number of aryl methyl sites for hydroxylation is 3. The summed E-state index contributed by atoms with van der Waals surface area (Å²) in [4.78, 5) is 16.4. The van der Waals surface area contributed by atoms with Gasteiger partial charge in [0.25, 0.3) is 0 Å². The smallest absolute Gasteiger partial charge is 0.320 e. The summed E-state index contributed by atoms with van der Waals surface area (Å²) in [5, 5.41) is 9.51. The average Bonchev–Trinajstić information content (AvgIpc) is 2.79. The summed E-state index contributed by atoms with van der Waals surface area (Å²) in [6.45, 7) is 7.53. The van der Waals surface area contributed by atoms with E-state index in [0.717, 1.165) is 22.7 Å². The fourth-order valence-corrected chi connectivity index (χ4v) is 2.32. The SMILES string of the molecule is COc1ccc(C)nc1NC(=O)NC(C)Cc1c(C)noc1C. The first-order chi connectivity index (χ1) is 10.9. The van der Waals surface area contributed by atoms with Crippen molar-refractivity contribution in [3.8, 4) is 5.75 Å². The summed E-state index contributed by atoms with van der Waals surface area (Å²) in [7, 11) is 1.54. The lowest BCUT2D eigenvalue weighted by Gasteiger charge is -2.15. The maximum Gasteiger partial charge on any atom is 0.320 e. The normalized spacial score (nSPS) is 11.9. The molecular weight excluding hydrogens is 296 g/mol. The second kappa shape index (κ2) is 7.13. The van der Waals surface area contributed by atoms with Crippen molar-refractivity contribution >= 4 is 11.8 Å². The number of carbonyl (C=O) groups is 1. The van der Waals surface area contributed by atoms with Crippen LogP contribution in [0.4, 0.5) is 10.6 Å². The number of pyridine rings is 1. The number of rotatable bonds is 5. The molecule has 2 N–H and O–H groups in total. The first kappa shape index (κ1) is 16.8. The van der Waals surface area contributed by atoms with Gasteiger partial charge in [0.1, 0.15) is 5.76 Å². The van der Waals surface area contributed by atoms with Crippen molar-refractivity contribution < 1.29 is 14.1 Å². The number of amides is 2. The van der Waals surface area contributed by atoms with E-state index in [9.17, 15) is 4.79 Å². The van der Waals surface area contributed by atoms with Crippen LogP contribution in [-0.2, 0) is 6.42 Å². The zero-order chi connectivity index (χ0) is 17.0. The zero-order valence-corrected chi connectivity index (χ0v) is 14.1. The number of nitrogens with zero attached hydrogens (tertiary/aromatic N) is 2. The molecule has 0 spiro atoms. The van der Waals surface area contributed by atoms with Gasteiger partial charge in [0, 0.05) is 17.3 Å². The van der Waals surface area contributed by atoms with Crippen molar-refractivity contribution in [2.24, 2.45) is 0 Å². The molecule has 23 heavy (non-hydrogen) atoms. The molecule has 2 aromatic rings. The average molecular weight is 318 g/mol. The molecule has 2 heterocycles. The number of urea groups is 1. The van der Waals surface area contributed by atoms with Crippen molar-refractivity contribution in [3.05, 3.63) is 34.8 Å². The molecule has 0 aliphatic heterocycles. The van der Waals surface area contributed by atoms with Gasteiger partial charge >= 0.3 is 6.03 Å². The van der Waals surface area contributed by atoms with Gasteiger partial charge in [0.15, 0.2) is 11.6 Å². The Kier molecular flexibility index (Phi) is 5.20. The second-order valence-corrected chi connectivity index (χ2v) is 5.51. The first-order valence-corrected chi connectivity index (χ1v) is 7.41. The van der Waals surface area contributed by atoms with Gasteiger partial charge in [-0.15, -0.1) is 0 Å². The summed E-state index contributed by atoms with van der Waals surface area (Å²) in [6, 6.07) is 3.18. The van der Waals surface area contributed by atoms with Crippen LogP contribution in [0.2, 0.25) is 0 Å². The van der Waals surface area contributed by atoms with E-state index in [1.165, 1.54) is 7.11 Å². The van der Waals surface area contributed by atoms with Crippen LogP contribution in [0.1, 0.15) is 29.6 Å². The summed E-state index contributed by atoms with van der Waals surface area (Å²) in [5.74, 6) is 1.69. The van der Waals surface area contributed by atoms with Gasteiger partial charge in [-0.25, -0.2) is 9.78 Å². The molecule has 0 bridgehead atoms. The largest absolute Gasteiger partial charge is 0.493 e. The number of methoxy groups -OCH3 is 1.